The van der Waals surface area contributed by atoms with Gasteiger partial charge in [0.05, 0.1) is 12.6 Å². The molecule has 0 saturated heterocycles. The highest BCUT2D eigenvalue weighted by atomic mass is 16.3. The van der Waals surface area contributed by atoms with Crippen LogP contribution < -0.4 is 5.32 Å². The van der Waals surface area contributed by atoms with Gasteiger partial charge in [-0.25, -0.2) is 4.98 Å². The molecule has 1 amide bonds. The molecule has 1 aromatic carbocycles. The number of rotatable bonds is 4. The number of aliphatic hydroxyl groups is 1. The Morgan fingerprint density at radius 3 is 2.65 bits per heavy atom. The van der Waals surface area contributed by atoms with Crippen LogP contribution in [0.25, 0.3) is 10.9 Å². The minimum atomic E-state index is -0.579. The van der Waals surface area contributed by atoms with Crippen LogP contribution in [-0.2, 0) is 0 Å². The fourth-order valence-electron chi connectivity index (χ4n) is 2.34. The second-order valence-electron chi connectivity index (χ2n) is 5.02. The minimum Gasteiger partial charge on any atom is -0.504 e. The predicted octanol–water partition coefficient (Wildman–Crippen LogP) is 1.80. The lowest BCUT2D eigenvalue weighted by Gasteiger charge is -2.17. The molecule has 3 N–H and O–H groups in total. The van der Waals surface area contributed by atoms with Gasteiger partial charge >= 0.3 is 0 Å². The fraction of sp³-hybridized carbons (Fsp3) is 0.118. The number of fused-ring (bicyclic) bond motifs is 1. The van der Waals surface area contributed by atoms with E-state index in [9.17, 15) is 15.0 Å². The van der Waals surface area contributed by atoms with Crippen molar-refractivity contribution in [2.45, 2.75) is 6.04 Å². The predicted molar refractivity (Wildman–Crippen MR) is 84.9 cm³/mol. The van der Waals surface area contributed by atoms with Crippen LogP contribution in [0.2, 0.25) is 0 Å². The van der Waals surface area contributed by atoms with Gasteiger partial charge in [-0.05, 0) is 17.7 Å². The second kappa shape index (κ2) is 6.41. The molecule has 0 unspecified atom stereocenters. The third kappa shape index (κ3) is 2.97. The molecule has 0 aliphatic rings. The molecule has 23 heavy (non-hydrogen) atoms. The molecule has 2 heterocycles. The third-order valence-electron chi connectivity index (χ3n) is 3.53. The van der Waals surface area contributed by atoms with Crippen LogP contribution in [0.3, 0.4) is 0 Å². The van der Waals surface area contributed by atoms with E-state index in [1.54, 1.807) is 24.3 Å². The van der Waals surface area contributed by atoms with Crippen molar-refractivity contribution in [1.29, 1.82) is 0 Å². The van der Waals surface area contributed by atoms with Gasteiger partial charge in [0.15, 0.2) is 11.4 Å². The quantitative estimate of drug-likeness (QED) is 0.683. The van der Waals surface area contributed by atoms with E-state index in [1.807, 2.05) is 18.2 Å². The Labute approximate surface area is 132 Å². The fourth-order valence-corrected chi connectivity index (χ4v) is 2.34. The number of hydrogen-bond acceptors (Lipinski definition) is 5. The van der Waals surface area contributed by atoms with Gasteiger partial charge in [-0.3, -0.25) is 9.78 Å². The number of nitrogens with zero attached hydrogens (tertiary/aromatic N) is 2. The van der Waals surface area contributed by atoms with Crippen LogP contribution in [-0.4, -0.2) is 32.7 Å². The number of carbonyl (C=O) groups excluding carboxylic acids is 1. The summed E-state index contributed by atoms with van der Waals surface area (Å²) in [7, 11) is 0. The van der Waals surface area contributed by atoms with Gasteiger partial charge in [0, 0.05) is 17.8 Å². The average molecular weight is 309 g/mol. The van der Waals surface area contributed by atoms with Crippen molar-refractivity contribution in [2.24, 2.45) is 0 Å². The molecule has 0 radical (unpaired) electrons. The van der Waals surface area contributed by atoms with Crippen LogP contribution in [0.1, 0.15) is 22.1 Å². The van der Waals surface area contributed by atoms with Crippen LogP contribution in [0.4, 0.5) is 0 Å². The number of aliphatic hydroxyl groups excluding tert-OH is 1. The molecule has 2 aromatic heterocycles. The molecule has 0 spiro atoms. The Bertz CT molecular complexity index is 837. The van der Waals surface area contributed by atoms with Crippen molar-refractivity contribution in [3.05, 3.63) is 66.1 Å². The minimum absolute atomic E-state index is 0.120. The Morgan fingerprint density at radius 1 is 1.13 bits per heavy atom. The molecule has 0 fully saturated rings. The zero-order chi connectivity index (χ0) is 16.2. The summed E-state index contributed by atoms with van der Waals surface area (Å²) in [4.78, 5) is 20.4. The monoisotopic (exact) mass is 309 g/mol. The van der Waals surface area contributed by atoms with Gasteiger partial charge in [-0.1, -0.05) is 30.3 Å². The Balaban J connectivity index is 1.90. The van der Waals surface area contributed by atoms with Crippen molar-refractivity contribution < 1.29 is 15.0 Å². The van der Waals surface area contributed by atoms with E-state index in [-0.39, 0.29) is 18.1 Å². The topological polar surface area (TPSA) is 95.3 Å². The molecule has 116 valence electrons. The van der Waals surface area contributed by atoms with Crippen LogP contribution in [0, 0.1) is 0 Å². The SMILES string of the molecule is O=C(N[C@@H](CO)c1ccccc1)c1ncc2cccnc2c1O. The lowest BCUT2D eigenvalue weighted by atomic mass is 10.1. The molecule has 6 heteroatoms. The van der Waals surface area contributed by atoms with Gasteiger partial charge in [-0.2, -0.15) is 0 Å². The van der Waals surface area contributed by atoms with Crippen molar-refractivity contribution in [3.8, 4) is 5.75 Å². The van der Waals surface area contributed by atoms with E-state index in [1.165, 1.54) is 12.4 Å². The molecule has 0 bridgehead atoms. The van der Waals surface area contributed by atoms with E-state index < -0.39 is 11.9 Å². The summed E-state index contributed by atoms with van der Waals surface area (Å²) in [6.45, 7) is -0.262. The largest absolute Gasteiger partial charge is 0.504 e. The number of benzene rings is 1. The molecule has 3 aromatic rings. The number of nitrogens with one attached hydrogen (secondary N) is 1. The molecular weight excluding hydrogens is 294 g/mol. The van der Waals surface area contributed by atoms with Crippen molar-refractivity contribution in [3.63, 3.8) is 0 Å². The maximum atomic E-state index is 12.4. The molecule has 3 rings (SSSR count). The summed E-state index contributed by atoms with van der Waals surface area (Å²) in [6, 6.07) is 12.0. The number of aromatic hydroxyl groups is 1. The van der Waals surface area contributed by atoms with E-state index in [0.717, 1.165) is 5.56 Å². The maximum absolute atomic E-state index is 12.4. The van der Waals surface area contributed by atoms with Crippen molar-refractivity contribution in [2.75, 3.05) is 6.61 Å². The zero-order valence-corrected chi connectivity index (χ0v) is 12.2. The van der Waals surface area contributed by atoms with Crippen LogP contribution in [0.15, 0.2) is 54.9 Å². The second-order valence-corrected chi connectivity index (χ2v) is 5.02. The van der Waals surface area contributed by atoms with Crippen LogP contribution in [0.5, 0.6) is 5.75 Å². The summed E-state index contributed by atoms with van der Waals surface area (Å²) in [5.41, 5.74) is 0.959. The number of hydrogen-bond donors (Lipinski definition) is 3. The molecule has 0 aliphatic heterocycles. The highest BCUT2D eigenvalue weighted by Gasteiger charge is 2.20. The summed E-state index contributed by atoms with van der Waals surface area (Å²) < 4.78 is 0. The van der Waals surface area contributed by atoms with Gasteiger partial charge in [0.1, 0.15) is 5.52 Å². The first-order valence-corrected chi connectivity index (χ1v) is 7.10. The summed E-state index contributed by atoms with van der Waals surface area (Å²) in [6.07, 6.45) is 3.01. The summed E-state index contributed by atoms with van der Waals surface area (Å²) in [5, 5.41) is 23.0. The zero-order valence-electron chi connectivity index (χ0n) is 12.2. The highest BCUT2D eigenvalue weighted by molar-refractivity contribution is 6.00. The smallest absolute Gasteiger partial charge is 0.274 e. The maximum Gasteiger partial charge on any atom is 0.274 e. The van der Waals surface area contributed by atoms with Gasteiger partial charge < -0.3 is 15.5 Å². The summed E-state index contributed by atoms with van der Waals surface area (Å²) >= 11 is 0. The van der Waals surface area contributed by atoms with Gasteiger partial charge in [-0.15, -0.1) is 0 Å². The van der Waals surface area contributed by atoms with Gasteiger partial charge in [0.2, 0.25) is 0 Å². The number of carbonyl (C=O) groups is 1. The molecule has 6 nitrogen and oxygen atoms in total. The van der Waals surface area contributed by atoms with E-state index in [0.29, 0.717) is 10.9 Å². The standard InChI is InChI=1S/C17H15N3O3/c21-10-13(11-5-2-1-3-6-11)20-17(23)15-16(22)14-12(9-19-15)7-4-8-18-14/h1-9,13,21-22H,10H2,(H,20,23)/t13-/m0/s1. The Hall–Kier alpha value is -2.99. The first-order chi connectivity index (χ1) is 11.2. The Morgan fingerprint density at radius 2 is 1.91 bits per heavy atom. The molecular formula is C17H15N3O3. The lowest BCUT2D eigenvalue weighted by molar-refractivity contribution is 0.0908. The Kier molecular flexibility index (Phi) is 4.16. The number of amides is 1. The third-order valence-corrected chi connectivity index (χ3v) is 3.53. The first-order valence-electron chi connectivity index (χ1n) is 7.10. The average Bonchev–Trinajstić information content (AvgIpc) is 2.60. The number of aromatic nitrogens is 2. The van der Waals surface area contributed by atoms with E-state index in [2.05, 4.69) is 15.3 Å². The van der Waals surface area contributed by atoms with Gasteiger partial charge in [0.25, 0.3) is 5.91 Å². The number of pyridine rings is 2. The molecule has 0 aliphatic carbocycles. The lowest BCUT2D eigenvalue weighted by Crippen LogP contribution is -2.31. The van der Waals surface area contributed by atoms with Crippen molar-refractivity contribution >= 4 is 16.8 Å². The van der Waals surface area contributed by atoms with E-state index >= 15 is 0 Å². The van der Waals surface area contributed by atoms with Crippen LogP contribution >= 0.6 is 0 Å². The van der Waals surface area contributed by atoms with Crippen molar-refractivity contribution in [1.82, 2.24) is 15.3 Å². The first kappa shape index (κ1) is 14.9. The van der Waals surface area contributed by atoms with E-state index in [4.69, 9.17) is 0 Å². The summed E-state index contributed by atoms with van der Waals surface area (Å²) in [5.74, 6) is -0.844. The normalized spacial score (nSPS) is 12.0. The molecule has 0 saturated carbocycles. The molecule has 1 atom stereocenters. The highest BCUT2D eigenvalue weighted by Crippen LogP contribution is 2.25.